The summed E-state index contributed by atoms with van der Waals surface area (Å²) in [6.45, 7) is 0.323. The van der Waals surface area contributed by atoms with Crippen LogP contribution in [0.5, 0.6) is 0 Å². The highest BCUT2D eigenvalue weighted by molar-refractivity contribution is 7.88. The van der Waals surface area contributed by atoms with Crippen molar-refractivity contribution in [3.05, 3.63) is 64.4 Å². The predicted molar refractivity (Wildman–Crippen MR) is 103 cm³/mol. The average molecular weight is 374 g/mol. The lowest BCUT2D eigenvalue weighted by Gasteiger charge is -2.07. The zero-order valence-electron chi connectivity index (χ0n) is 13.7. The molecule has 0 aliphatic rings. The van der Waals surface area contributed by atoms with Crippen LogP contribution in [0.3, 0.4) is 0 Å². The van der Waals surface area contributed by atoms with Gasteiger partial charge in [0.05, 0.1) is 11.1 Å². The van der Waals surface area contributed by atoms with Gasteiger partial charge < -0.3 is 5.32 Å². The van der Waals surface area contributed by atoms with Gasteiger partial charge >= 0.3 is 0 Å². The van der Waals surface area contributed by atoms with E-state index in [4.69, 9.17) is 0 Å². The molecule has 5 nitrogen and oxygen atoms in total. The SMILES string of the molecule is CS(=O)(=O)NCCc1ccc(C(=O)Nc2cccc3ccccc23)s1. The molecule has 0 bridgehead atoms. The van der Waals surface area contributed by atoms with Crippen LogP contribution < -0.4 is 10.0 Å². The zero-order valence-corrected chi connectivity index (χ0v) is 15.3. The smallest absolute Gasteiger partial charge is 0.265 e. The summed E-state index contributed by atoms with van der Waals surface area (Å²) in [7, 11) is -3.19. The van der Waals surface area contributed by atoms with Crippen LogP contribution in [0.4, 0.5) is 5.69 Å². The highest BCUT2D eigenvalue weighted by atomic mass is 32.2. The number of sulfonamides is 1. The van der Waals surface area contributed by atoms with Crippen molar-refractivity contribution in [2.45, 2.75) is 6.42 Å². The van der Waals surface area contributed by atoms with Gasteiger partial charge in [-0.25, -0.2) is 13.1 Å². The van der Waals surface area contributed by atoms with E-state index >= 15 is 0 Å². The van der Waals surface area contributed by atoms with E-state index in [1.165, 1.54) is 11.3 Å². The highest BCUT2D eigenvalue weighted by Gasteiger charge is 2.11. The number of hydrogen-bond donors (Lipinski definition) is 2. The van der Waals surface area contributed by atoms with Gasteiger partial charge in [-0.1, -0.05) is 36.4 Å². The quantitative estimate of drug-likeness (QED) is 0.695. The van der Waals surface area contributed by atoms with Gasteiger partial charge in [-0.3, -0.25) is 4.79 Å². The van der Waals surface area contributed by atoms with Crippen LogP contribution in [-0.2, 0) is 16.4 Å². The molecule has 130 valence electrons. The van der Waals surface area contributed by atoms with E-state index in [2.05, 4.69) is 10.0 Å². The Bertz CT molecular complexity index is 1000. The number of fused-ring (bicyclic) bond motifs is 1. The van der Waals surface area contributed by atoms with Gasteiger partial charge in [0.15, 0.2) is 0 Å². The van der Waals surface area contributed by atoms with Crippen molar-refractivity contribution in [1.29, 1.82) is 0 Å². The van der Waals surface area contributed by atoms with E-state index in [0.29, 0.717) is 17.8 Å². The third-order valence-electron chi connectivity index (χ3n) is 3.66. The van der Waals surface area contributed by atoms with Crippen LogP contribution in [-0.4, -0.2) is 27.1 Å². The third kappa shape index (κ3) is 4.66. The first kappa shape index (κ1) is 17.6. The molecule has 2 N–H and O–H groups in total. The van der Waals surface area contributed by atoms with Crippen molar-refractivity contribution in [2.75, 3.05) is 18.1 Å². The minimum absolute atomic E-state index is 0.163. The summed E-state index contributed by atoms with van der Waals surface area (Å²) in [5, 5.41) is 5.02. The molecule has 2 aromatic carbocycles. The second-order valence-electron chi connectivity index (χ2n) is 5.66. The summed E-state index contributed by atoms with van der Waals surface area (Å²) in [6.07, 6.45) is 1.68. The minimum atomic E-state index is -3.19. The third-order valence-corrected chi connectivity index (χ3v) is 5.53. The lowest BCUT2D eigenvalue weighted by molar-refractivity contribution is 0.103. The fourth-order valence-electron chi connectivity index (χ4n) is 2.51. The Labute approximate surface area is 150 Å². The van der Waals surface area contributed by atoms with Gasteiger partial charge in [-0.15, -0.1) is 11.3 Å². The topological polar surface area (TPSA) is 75.3 Å². The fourth-order valence-corrected chi connectivity index (χ4v) is 3.89. The lowest BCUT2D eigenvalue weighted by atomic mass is 10.1. The number of amides is 1. The molecular weight excluding hydrogens is 356 g/mol. The molecule has 0 saturated heterocycles. The van der Waals surface area contributed by atoms with Crippen molar-refractivity contribution in [3.63, 3.8) is 0 Å². The van der Waals surface area contributed by atoms with E-state index in [1.807, 2.05) is 48.5 Å². The average Bonchev–Trinajstić information content (AvgIpc) is 3.03. The van der Waals surface area contributed by atoms with E-state index in [9.17, 15) is 13.2 Å². The molecule has 0 aliphatic heterocycles. The maximum Gasteiger partial charge on any atom is 0.265 e. The van der Waals surface area contributed by atoms with Gasteiger partial charge in [0.25, 0.3) is 5.91 Å². The van der Waals surface area contributed by atoms with E-state index in [0.717, 1.165) is 27.6 Å². The second-order valence-corrected chi connectivity index (χ2v) is 8.66. The summed E-state index contributed by atoms with van der Waals surface area (Å²) in [4.78, 5) is 14.0. The minimum Gasteiger partial charge on any atom is -0.321 e. The molecule has 0 radical (unpaired) electrons. The fraction of sp³-hybridized carbons (Fsp3) is 0.167. The molecule has 1 aromatic heterocycles. The van der Waals surface area contributed by atoms with Gasteiger partial charge in [0.1, 0.15) is 0 Å². The Morgan fingerprint density at radius 2 is 1.80 bits per heavy atom. The first-order valence-electron chi connectivity index (χ1n) is 7.75. The van der Waals surface area contributed by atoms with Crippen molar-refractivity contribution in [3.8, 4) is 0 Å². The summed E-state index contributed by atoms with van der Waals surface area (Å²) in [6, 6.07) is 17.3. The van der Waals surface area contributed by atoms with Gasteiger partial charge in [0.2, 0.25) is 10.0 Å². The van der Waals surface area contributed by atoms with Crippen LogP contribution in [0.25, 0.3) is 10.8 Å². The highest BCUT2D eigenvalue weighted by Crippen LogP contribution is 2.25. The Morgan fingerprint density at radius 1 is 1.04 bits per heavy atom. The Morgan fingerprint density at radius 3 is 2.60 bits per heavy atom. The van der Waals surface area contributed by atoms with Crippen molar-refractivity contribution >= 4 is 43.7 Å². The van der Waals surface area contributed by atoms with Crippen molar-refractivity contribution < 1.29 is 13.2 Å². The molecular formula is C18H18N2O3S2. The van der Waals surface area contributed by atoms with Gasteiger partial charge in [-0.05, 0) is 30.0 Å². The molecule has 1 amide bonds. The normalized spacial score (nSPS) is 11.6. The monoisotopic (exact) mass is 374 g/mol. The number of hydrogen-bond acceptors (Lipinski definition) is 4. The van der Waals surface area contributed by atoms with Crippen LogP contribution in [0.2, 0.25) is 0 Å². The first-order valence-corrected chi connectivity index (χ1v) is 10.5. The van der Waals surface area contributed by atoms with Crippen molar-refractivity contribution in [1.82, 2.24) is 4.72 Å². The molecule has 0 spiro atoms. The molecule has 7 heteroatoms. The molecule has 0 atom stereocenters. The summed E-state index contributed by atoms with van der Waals surface area (Å²) in [5.74, 6) is -0.163. The van der Waals surface area contributed by atoms with Crippen molar-refractivity contribution in [2.24, 2.45) is 0 Å². The number of benzene rings is 2. The summed E-state index contributed by atoms with van der Waals surface area (Å²) in [5.41, 5.74) is 0.775. The lowest BCUT2D eigenvalue weighted by Crippen LogP contribution is -2.24. The van der Waals surface area contributed by atoms with Crippen LogP contribution in [0, 0.1) is 0 Å². The predicted octanol–water partition coefficient (Wildman–Crippen LogP) is 3.25. The van der Waals surface area contributed by atoms with E-state index in [-0.39, 0.29) is 5.91 Å². The van der Waals surface area contributed by atoms with E-state index in [1.54, 1.807) is 6.07 Å². The van der Waals surface area contributed by atoms with Crippen LogP contribution in [0.1, 0.15) is 14.5 Å². The number of nitrogens with one attached hydrogen (secondary N) is 2. The molecule has 0 fully saturated rings. The van der Waals surface area contributed by atoms with Gasteiger partial charge in [-0.2, -0.15) is 0 Å². The molecule has 3 rings (SSSR count). The first-order chi connectivity index (χ1) is 11.9. The molecule has 0 saturated carbocycles. The maximum atomic E-state index is 12.5. The largest absolute Gasteiger partial charge is 0.321 e. The van der Waals surface area contributed by atoms with Gasteiger partial charge in [0, 0.05) is 22.5 Å². The number of carbonyl (C=O) groups excluding carboxylic acids is 1. The Hall–Kier alpha value is -2.22. The van der Waals surface area contributed by atoms with Crippen LogP contribution in [0.15, 0.2) is 54.6 Å². The Balaban J connectivity index is 1.69. The Kier molecular flexibility index (Phi) is 5.17. The maximum absolute atomic E-state index is 12.5. The number of carbonyl (C=O) groups is 1. The second kappa shape index (κ2) is 7.35. The molecule has 3 aromatic rings. The van der Waals surface area contributed by atoms with E-state index < -0.39 is 10.0 Å². The molecule has 0 unspecified atom stereocenters. The standard InChI is InChI=1S/C18H18N2O3S2/c1-25(22,23)19-12-11-14-9-10-17(24-14)18(21)20-16-8-4-6-13-5-2-3-7-15(13)16/h2-10,19H,11-12H2,1H3,(H,20,21). The molecule has 25 heavy (non-hydrogen) atoms. The zero-order chi connectivity index (χ0) is 17.9. The number of anilines is 1. The number of rotatable bonds is 6. The van der Waals surface area contributed by atoms with Crippen LogP contribution >= 0.6 is 11.3 Å². The molecule has 1 heterocycles. The summed E-state index contributed by atoms with van der Waals surface area (Å²) < 4.78 is 24.6. The number of thiophene rings is 1. The summed E-state index contributed by atoms with van der Waals surface area (Å²) >= 11 is 1.37. The molecule has 0 aliphatic carbocycles.